The summed E-state index contributed by atoms with van der Waals surface area (Å²) < 4.78 is 0. The van der Waals surface area contributed by atoms with Gasteiger partial charge in [-0.05, 0) is 205 Å². The molecule has 0 atom stereocenters. The van der Waals surface area contributed by atoms with Gasteiger partial charge in [-0.2, -0.15) is 0 Å². The molecule has 0 saturated carbocycles. The van der Waals surface area contributed by atoms with Crippen LogP contribution in [0, 0.1) is 0 Å². The second-order valence-electron chi connectivity index (χ2n) is 39.1. The maximum absolute atomic E-state index is 5.66. The third kappa shape index (κ3) is 13.3. The van der Waals surface area contributed by atoms with E-state index in [1.54, 1.807) is 0 Å². The summed E-state index contributed by atoms with van der Waals surface area (Å²) in [5, 5.41) is 6.84. The average molecular weight is 1740 g/mol. The molecule has 26 rings (SSSR count). The number of hydrogen-bond donors (Lipinski definition) is 0. The molecule has 136 heavy (non-hydrogen) atoms. The van der Waals surface area contributed by atoms with Crippen LogP contribution in [0.3, 0.4) is 0 Å². The SMILES string of the molecule is CC1(C)c2ccccc2-c2ccc(-c3cc(-c4ccc5c(c4)C(C)(C)c4ccccc4-5)c4cc(-c5ccc(-c6cc(-c7ccccc7)nc(-c7ccccc7)n6)cc5)c5ccccc5c4n3)cc21.CC1(C)c2ccccc2-c2ccc(-c3cc(-c4ccc5c(c4)C(C)(C)c4ccccc4-5)c4cc(-c5ccc(-c6nc(-c7ccccc7)cc(-c7ccccc7)n6)cc5)c5ccccc5c4n3)cc21. The zero-order chi connectivity index (χ0) is 91.5. The minimum absolute atomic E-state index is 0.124. The van der Waals surface area contributed by atoms with E-state index in [1.165, 1.54) is 122 Å². The van der Waals surface area contributed by atoms with Crippen LogP contribution >= 0.6 is 0 Å². The second-order valence-corrected chi connectivity index (χ2v) is 39.1. The molecule has 6 heteroatoms. The van der Waals surface area contributed by atoms with Crippen molar-refractivity contribution < 1.29 is 0 Å². The normalized spacial score (nSPS) is 13.8. The van der Waals surface area contributed by atoms with Crippen molar-refractivity contribution in [3.8, 4) is 179 Å². The maximum atomic E-state index is 5.66. The maximum Gasteiger partial charge on any atom is 0.160 e. The Hall–Kier alpha value is -16.5. The monoisotopic (exact) mass is 1740 g/mol. The Bertz CT molecular complexity index is 8050. The molecule has 0 aliphatic heterocycles. The Morgan fingerprint density at radius 1 is 0.132 bits per heavy atom. The molecule has 0 fully saturated rings. The van der Waals surface area contributed by atoms with Gasteiger partial charge < -0.3 is 0 Å². The molecule has 4 heterocycles. The summed E-state index contributed by atoms with van der Waals surface area (Å²) in [5.41, 5.74) is 46.1. The quantitative estimate of drug-likeness (QED) is 0.113. The first-order valence-electron chi connectivity index (χ1n) is 47.3. The van der Waals surface area contributed by atoms with Crippen molar-refractivity contribution in [3.63, 3.8) is 0 Å². The molecule has 0 bridgehead atoms. The van der Waals surface area contributed by atoms with Gasteiger partial charge >= 0.3 is 0 Å². The third-order valence-corrected chi connectivity index (χ3v) is 29.8. The largest absolute Gasteiger partial charge is 0.247 e. The highest BCUT2D eigenvalue weighted by atomic mass is 14.9. The van der Waals surface area contributed by atoms with Gasteiger partial charge in [-0.25, -0.2) is 29.9 Å². The highest BCUT2D eigenvalue weighted by molar-refractivity contribution is 6.18. The van der Waals surface area contributed by atoms with Gasteiger partial charge in [0.1, 0.15) is 0 Å². The Labute approximate surface area is 793 Å². The van der Waals surface area contributed by atoms with E-state index in [-0.39, 0.29) is 21.7 Å². The Balaban J connectivity index is 0.000000145. The molecule has 18 aromatic carbocycles. The van der Waals surface area contributed by atoms with Crippen LogP contribution in [0.2, 0.25) is 0 Å². The van der Waals surface area contributed by atoms with Crippen LogP contribution in [-0.2, 0) is 21.7 Å². The fraction of sp³-hybridized carbons (Fsp3) is 0.0923. The van der Waals surface area contributed by atoms with Gasteiger partial charge in [-0.3, -0.25) is 0 Å². The van der Waals surface area contributed by atoms with Crippen LogP contribution in [0.1, 0.15) is 99.9 Å². The Morgan fingerprint density at radius 2 is 0.353 bits per heavy atom. The third-order valence-electron chi connectivity index (χ3n) is 29.8. The van der Waals surface area contributed by atoms with Gasteiger partial charge in [-0.15, -0.1) is 0 Å². The highest BCUT2D eigenvalue weighted by Gasteiger charge is 2.40. The average Bonchev–Trinajstić information content (AvgIpc) is 1.68. The fourth-order valence-electron chi connectivity index (χ4n) is 22.6. The zero-order valence-electron chi connectivity index (χ0n) is 77.1. The van der Waals surface area contributed by atoms with Crippen LogP contribution in [0.15, 0.2) is 425 Å². The lowest BCUT2D eigenvalue weighted by Crippen LogP contribution is -2.15. The molecule has 6 nitrogen and oxygen atoms in total. The lowest BCUT2D eigenvalue weighted by molar-refractivity contribution is 0.660. The number of fused-ring (bicyclic) bond motifs is 18. The predicted molar refractivity (Wildman–Crippen MR) is 565 cm³/mol. The molecule has 4 aliphatic carbocycles. The van der Waals surface area contributed by atoms with Gasteiger partial charge in [0, 0.05) is 87.7 Å². The number of nitrogens with zero attached hydrogens (tertiary/aromatic N) is 6. The molecule has 22 aromatic rings. The van der Waals surface area contributed by atoms with E-state index in [4.69, 9.17) is 29.9 Å². The number of pyridine rings is 2. The van der Waals surface area contributed by atoms with Gasteiger partial charge in [0.2, 0.25) is 0 Å². The summed E-state index contributed by atoms with van der Waals surface area (Å²) in [6.07, 6.45) is 0. The molecule has 0 saturated heterocycles. The van der Waals surface area contributed by atoms with Crippen molar-refractivity contribution in [1.29, 1.82) is 0 Å². The summed E-state index contributed by atoms with van der Waals surface area (Å²) in [5.74, 6) is 1.40. The van der Waals surface area contributed by atoms with Crippen LogP contribution in [0.4, 0.5) is 0 Å². The fourth-order valence-corrected chi connectivity index (χ4v) is 22.6. The predicted octanol–water partition coefficient (Wildman–Crippen LogP) is 33.6. The van der Waals surface area contributed by atoms with Crippen molar-refractivity contribution >= 4 is 43.4 Å². The van der Waals surface area contributed by atoms with E-state index in [2.05, 4.69) is 444 Å². The first-order valence-corrected chi connectivity index (χ1v) is 47.3. The van der Waals surface area contributed by atoms with Crippen molar-refractivity contribution in [2.75, 3.05) is 0 Å². The summed E-state index contributed by atoms with van der Waals surface area (Å²) in [7, 11) is 0. The lowest BCUT2D eigenvalue weighted by Gasteiger charge is -2.23. The van der Waals surface area contributed by atoms with Gasteiger partial charge in [-0.1, -0.05) is 419 Å². The van der Waals surface area contributed by atoms with Gasteiger partial charge in [0.05, 0.1) is 45.2 Å². The number of rotatable bonds is 12. The van der Waals surface area contributed by atoms with Crippen molar-refractivity contribution in [1.82, 2.24) is 29.9 Å². The molecule has 0 radical (unpaired) electrons. The number of benzene rings is 18. The minimum atomic E-state index is -0.139. The summed E-state index contributed by atoms with van der Waals surface area (Å²) in [4.78, 5) is 31.8. The van der Waals surface area contributed by atoms with Crippen molar-refractivity contribution in [2.24, 2.45) is 0 Å². The van der Waals surface area contributed by atoms with E-state index in [0.717, 1.165) is 133 Å². The first-order chi connectivity index (χ1) is 66.4. The smallest absolute Gasteiger partial charge is 0.160 e. The summed E-state index contributed by atoms with van der Waals surface area (Å²) in [6.45, 7) is 18.9. The van der Waals surface area contributed by atoms with Gasteiger partial charge in [0.15, 0.2) is 11.6 Å². The zero-order valence-corrected chi connectivity index (χ0v) is 77.1. The topological polar surface area (TPSA) is 77.3 Å². The molecule has 4 aliphatic rings. The first kappa shape index (κ1) is 81.5. The lowest BCUT2D eigenvalue weighted by atomic mass is 9.81. The van der Waals surface area contributed by atoms with Crippen molar-refractivity contribution in [2.45, 2.75) is 77.0 Å². The Kier molecular flexibility index (Phi) is 18.9. The van der Waals surface area contributed by atoms with Crippen LogP contribution in [0.25, 0.3) is 223 Å². The standard InChI is InChI=1S/2C65H47N3/c1-64(2)55-25-15-13-22-47(55)49-33-31-44(35-57(49)64)53-38-59(45-32-34-50-48-23-14-16-26-56(48)65(3,4)58(50)36-45)66-62-51-24-12-11-21-46(51)52(37-54(53)62)40-27-29-42(30-28-40)61-39-60(41-17-7-5-8-18-41)67-63(68-61)43-19-9-6-10-20-43;1-64(2)55-25-15-13-22-47(55)49-33-31-44(35-57(49)64)53-38-59(45-32-34-50-48-23-14-16-26-56(48)65(3,4)58(50)36-45)66-62-51-24-12-11-21-46(51)52(37-54(53)62)40-27-29-43(30-28-40)63-67-60(41-17-7-5-8-18-41)39-61(68-63)42-19-9-6-10-20-42/h2*5-39H,1-4H3. The van der Waals surface area contributed by atoms with E-state index in [1.807, 2.05) is 36.4 Å². The number of aromatic nitrogens is 6. The molecule has 0 N–H and O–H groups in total. The van der Waals surface area contributed by atoms with Crippen molar-refractivity contribution in [3.05, 3.63) is 469 Å². The van der Waals surface area contributed by atoms with E-state index < -0.39 is 0 Å². The summed E-state index contributed by atoms with van der Waals surface area (Å²) in [6, 6.07) is 154. The Morgan fingerprint density at radius 3 is 0.684 bits per heavy atom. The molecule has 4 aromatic heterocycles. The van der Waals surface area contributed by atoms with Crippen LogP contribution in [0.5, 0.6) is 0 Å². The molecular formula is C130H94N6. The van der Waals surface area contributed by atoms with Crippen LogP contribution in [-0.4, -0.2) is 29.9 Å². The summed E-state index contributed by atoms with van der Waals surface area (Å²) >= 11 is 0. The minimum Gasteiger partial charge on any atom is -0.247 e. The van der Waals surface area contributed by atoms with E-state index >= 15 is 0 Å². The van der Waals surface area contributed by atoms with E-state index in [0.29, 0.717) is 11.6 Å². The number of hydrogen-bond acceptors (Lipinski definition) is 6. The molecular weight excluding hydrogens is 1650 g/mol. The molecule has 0 amide bonds. The molecule has 0 unspecified atom stereocenters. The van der Waals surface area contributed by atoms with Crippen LogP contribution < -0.4 is 0 Å². The molecule has 644 valence electrons. The second kappa shape index (κ2) is 31.6. The molecule has 0 spiro atoms. The van der Waals surface area contributed by atoms with Gasteiger partial charge in [0.25, 0.3) is 0 Å². The highest BCUT2D eigenvalue weighted by Crippen LogP contribution is 2.57. The van der Waals surface area contributed by atoms with E-state index in [9.17, 15) is 0 Å².